The van der Waals surface area contributed by atoms with Crippen molar-refractivity contribution in [1.82, 2.24) is 0 Å². The Morgan fingerprint density at radius 1 is 1.33 bits per heavy atom. The van der Waals surface area contributed by atoms with E-state index in [4.69, 9.17) is 0 Å². The maximum absolute atomic E-state index is 11.2. The first-order valence-corrected chi connectivity index (χ1v) is 3.81. The van der Waals surface area contributed by atoms with E-state index in [1.807, 2.05) is 0 Å². The predicted molar refractivity (Wildman–Crippen MR) is 48.7 cm³/mol. The van der Waals surface area contributed by atoms with Crippen molar-refractivity contribution in [2.24, 2.45) is 0 Å². The summed E-state index contributed by atoms with van der Waals surface area (Å²) in [5.74, 6) is -1.97. The standard InChI is InChI=1S/C10H8O4.K/c1-2-9(12)14-10(13)7-5-3-4-6-8(7)11;/h2-6,11H,1H2;/q;+1. The van der Waals surface area contributed by atoms with Crippen molar-refractivity contribution >= 4 is 11.9 Å². The molecule has 1 rings (SSSR count). The Bertz CT molecular complexity index is 387. The number of ether oxygens (including phenoxy) is 1. The van der Waals surface area contributed by atoms with Crippen molar-refractivity contribution in [3.05, 3.63) is 42.5 Å². The molecule has 0 amide bonds. The van der Waals surface area contributed by atoms with E-state index in [1.165, 1.54) is 12.1 Å². The average Bonchev–Trinajstić information content (AvgIpc) is 2.18. The fourth-order valence-corrected chi connectivity index (χ4v) is 0.834. The van der Waals surface area contributed by atoms with Crippen LogP contribution in [0.25, 0.3) is 0 Å². The monoisotopic (exact) mass is 231 g/mol. The van der Waals surface area contributed by atoms with E-state index in [-0.39, 0.29) is 62.7 Å². The third-order valence-electron chi connectivity index (χ3n) is 1.48. The van der Waals surface area contributed by atoms with Crippen LogP contribution < -0.4 is 51.4 Å². The summed E-state index contributed by atoms with van der Waals surface area (Å²) in [7, 11) is 0. The number of hydrogen-bond acceptors (Lipinski definition) is 4. The van der Waals surface area contributed by atoms with Gasteiger partial charge < -0.3 is 9.84 Å². The molecule has 0 spiro atoms. The predicted octanol–water partition coefficient (Wildman–Crippen LogP) is -1.73. The normalized spacial score (nSPS) is 8.53. The molecule has 5 heteroatoms. The summed E-state index contributed by atoms with van der Waals surface area (Å²) >= 11 is 0. The van der Waals surface area contributed by atoms with E-state index >= 15 is 0 Å². The number of phenols is 1. The topological polar surface area (TPSA) is 63.6 Å². The van der Waals surface area contributed by atoms with Crippen LogP contribution in [0.2, 0.25) is 0 Å². The smallest absolute Gasteiger partial charge is 0.507 e. The first-order chi connectivity index (χ1) is 6.65. The number of carbonyl (C=O) groups excluding carboxylic acids is 2. The van der Waals surface area contributed by atoms with Gasteiger partial charge >= 0.3 is 63.3 Å². The summed E-state index contributed by atoms with van der Waals surface area (Å²) in [6.45, 7) is 3.14. The van der Waals surface area contributed by atoms with Gasteiger partial charge in [0.25, 0.3) is 0 Å². The van der Waals surface area contributed by atoms with Gasteiger partial charge in [-0.1, -0.05) is 18.7 Å². The minimum Gasteiger partial charge on any atom is -0.507 e. The molecule has 1 N–H and O–H groups in total. The fourth-order valence-electron chi connectivity index (χ4n) is 0.834. The minimum atomic E-state index is -0.895. The van der Waals surface area contributed by atoms with Gasteiger partial charge in [0.2, 0.25) is 0 Å². The molecule has 0 radical (unpaired) electrons. The van der Waals surface area contributed by atoms with Crippen molar-refractivity contribution in [3.8, 4) is 5.75 Å². The minimum absolute atomic E-state index is 0. The Hall–Kier alpha value is -0.464. The van der Waals surface area contributed by atoms with Gasteiger partial charge in [0.1, 0.15) is 11.3 Å². The molecule has 0 aliphatic heterocycles. The quantitative estimate of drug-likeness (QED) is 0.284. The van der Waals surface area contributed by atoms with E-state index < -0.39 is 11.9 Å². The summed E-state index contributed by atoms with van der Waals surface area (Å²) in [6, 6.07) is 5.79. The Kier molecular flexibility index (Phi) is 6.70. The zero-order valence-corrected chi connectivity index (χ0v) is 11.4. The van der Waals surface area contributed by atoms with Crippen LogP contribution in [0.5, 0.6) is 5.75 Å². The molecular formula is C10H8KO4+. The van der Waals surface area contributed by atoms with Crippen molar-refractivity contribution in [3.63, 3.8) is 0 Å². The second-order valence-electron chi connectivity index (χ2n) is 2.43. The Balaban J connectivity index is 0.00000196. The van der Waals surface area contributed by atoms with Gasteiger partial charge in [-0.3, -0.25) is 0 Å². The van der Waals surface area contributed by atoms with Crippen molar-refractivity contribution in [2.75, 3.05) is 0 Å². The van der Waals surface area contributed by atoms with Crippen LogP contribution in [0, 0.1) is 0 Å². The Morgan fingerprint density at radius 3 is 2.47 bits per heavy atom. The number of aromatic hydroxyl groups is 1. The third-order valence-corrected chi connectivity index (χ3v) is 1.48. The van der Waals surface area contributed by atoms with Crippen molar-refractivity contribution in [1.29, 1.82) is 0 Å². The molecule has 0 aromatic heterocycles. The zero-order valence-electron chi connectivity index (χ0n) is 8.27. The molecule has 15 heavy (non-hydrogen) atoms. The summed E-state index contributed by atoms with van der Waals surface area (Å²) in [6.07, 6.45) is 0.873. The molecule has 0 atom stereocenters. The number of hydrogen-bond donors (Lipinski definition) is 1. The molecular weight excluding hydrogens is 223 g/mol. The maximum Gasteiger partial charge on any atom is 1.00 e. The number of carbonyl (C=O) groups is 2. The van der Waals surface area contributed by atoms with Gasteiger partial charge in [-0.25, -0.2) is 9.59 Å². The largest absolute Gasteiger partial charge is 1.00 e. The molecule has 72 valence electrons. The van der Waals surface area contributed by atoms with Crippen LogP contribution in [-0.4, -0.2) is 17.0 Å². The molecule has 0 saturated carbocycles. The maximum atomic E-state index is 11.2. The first-order valence-electron chi connectivity index (χ1n) is 3.81. The molecule has 0 heterocycles. The van der Waals surface area contributed by atoms with Gasteiger partial charge in [-0.2, -0.15) is 0 Å². The second-order valence-corrected chi connectivity index (χ2v) is 2.43. The van der Waals surface area contributed by atoms with E-state index in [0.29, 0.717) is 0 Å². The molecule has 4 nitrogen and oxygen atoms in total. The summed E-state index contributed by atoms with van der Waals surface area (Å²) in [4.78, 5) is 21.8. The van der Waals surface area contributed by atoms with Crippen LogP contribution in [-0.2, 0) is 9.53 Å². The van der Waals surface area contributed by atoms with Crippen LogP contribution in [0.15, 0.2) is 36.9 Å². The summed E-state index contributed by atoms with van der Waals surface area (Å²) in [5, 5.41) is 9.23. The first kappa shape index (κ1) is 14.5. The number of rotatable bonds is 2. The average molecular weight is 231 g/mol. The van der Waals surface area contributed by atoms with E-state index in [2.05, 4.69) is 11.3 Å². The number of esters is 2. The van der Waals surface area contributed by atoms with Gasteiger partial charge in [0.15, 0.2) is 0 Å². The van der Waals surface area contributed by atoms with Crippen LogP contribution in [0.3, 0.4) is 0 Å². The van der Waals surface area contributed by atoms with E-state index in [0.717, 1.165) is 6.08 Å². The molecule has 0 fully saturated rings. The number of para-hydroxylation sites is 1. The van der Waals surface area contributed by atoms with Crippen molar-refractivity contribution < 1.29 is 70.8 Å². The second kappa shape index (κ2) is 6.92. The molecule has 0 aliphatic rings. The summed E-state index contributed by atoms with van der Waals surface area (Å²) in [5.41, 5.74) is -0.0531. The van der Waals surface area contributed by atoms with E-state index in [9.17, 15) is 14.7 Å². The van der Waals surface area contributed by atoms with Crippen LogP contribution >= 0.6 is 0 Å². The molecule has 0 saturated heterocycles. The number of benzene rings is 1. The van der Waals surface area contributed by atoms with Gasteiger partial charge in [0.05, 0.1) is 0 Å². The molecule has 0 bridgehead atoms. The molecule has 1 aromatic carbocycles. The third kappa shape index (κ3) is 4.27. The van der Waals surface area contributed by atoms with Crippen LogP contribution in [0.1, 0.15) is 10.4 Å². The Labute approximate surface area is 129 Å². The van der Waals surface area contributed by atoms with Gasteiger partial charge in [-0.05, 0) is 12.1 Å². The molecule has 1 aromatic rings. The Morgan fingerprint density at radius 2 is 1.93 bits per heavy atom. The SMILES string of the molecule is C=CC(=O)OC(=O)c1ccccc1O.[K+]. The van der Waals surface area contributed by atoms with Crippen LogP contribution in [0.4, 0.5) is 0 Å². The van der Waals surface area contributed by atoms with Crippen molar-refractivity contribution in [2.45, 2.75) is 0 Å². The van der Waals surface area contributed by atoms with E-state index in [1.54, 1.807) is 12.1 Å². The van der Waals surface area contributed by atoms with Gasteiger partial charge in [-0.15, -0.1) is 0 Å². The molecule has 0 aliphatic carbocycles. The number of phenolic OH excluding ortho intramolecular Hbond substituents is 1. The summed E-state index contributed by atoms with van der Waals surface area (Å²) < 4.78 is 4.31. The van der Waals surface area contributed by atoms with Gasteiger partial charge in [0, 0.05) is 6.08 Å². The fraction of sp³-hybridized carbons (Fsp3) is 0. The molecule has 0 unspecified atom stereocenters. The zero-order chi connectivity index (χ0) is 10.6.